The summed E-state index contributed by atoms with van der Waals surface area (Å²) in [6.45, 7) is 3.22. The number of halogens is 1. The van der Waals surface area contributed by atoms with E-state index in [4.69, 9.17) is 14.7 Å². The molecule has 0 aliphatic rings. The average Bonchev–Trinajstić information content (AvgIpc) is 2.66. The van der Waals surface area contributed by atoms with Crippen molar-refractivity contribution in [2.45, 2.75) is 20.0 Å². The zero-order valence-corrected chi connectivity index (χ0v) is 14.6. The smallest absolute Gasteiger partial charge is 0.280 e. The summed E-state index contributed by atoms with van der Waals surface area (Å²) in [6.07, 6.45) is -0.799. The molecule has 2 aromatic rings. The molecule has 26 heavy (non-hydrogen) atoms. The average molecular weight is 355 g/mol. The van der Waals surface area contributed by atoms with E-state index in [9.17, 15) is 9.18 Å². The number of nitriles is 1. The van der Waals surface area contributed by atoms with Crippen molar-refractivity contribution in [3.8, 4) is 17.6 Å². The molecule has 0 bridgehead atoms. The largest absolute Gasteiger partial charge is 0.494 e. The summed E-state index contributed by atoms with van der Waals surface area (Å²) in [7, 11) is 1.38. The monoisotopic (exact) mass is 355 g/mol. The van der Waals surface area contributed by atoms with Gasteiger partial charge in [-0.25, -0.2) is 9.82 Å². The molecule has 1 atom stereocenters. The second-order valence-electron chi connectivity index (χ2n) is 5.42. The second-order valence-corrected chi connectivity index (χ2v) is 5.42. The van der Waals surface area contributed by atoms with E-state index < -0.39 is 17.8 Å². The zero-order valence-electron chi connectivity index (χ0n) is 14.6. The minimum absolute atomic E-state index is 0.134. The molecule has 134 valence electrons. The van der Waals surface area contributed by atoms with Gasteiger partial charge in [0, 0.05) is 5.56 Å². The van der Waals surface area contributed by atoms with E-state index in [2.05, 4.69) is 10.5 Å². The van der Waals surface area contributed by atoms with Gasteiger partial charge in [-0.2, -0.15) is 10.4 Å². The number of methoxy groups -OCH3 is 1. The normalized spacial score (nSPS) is 12.0. The maximum atomic E-state index is 13.7. The van der Waals surface area contributed by atoms with Gasteiger partial charge in [0.25, 0.3) is 5.91 Å². The van der Waals surface area contributed by atoms with Crippen LogP contribution < -0.4 is 14.9 Å². The Morgan fingerprint density at radius 1 is 1.27 bits per heavy atom. The van der Waals surface area contributed by atoms with Crippen LogP contribution in [0.5, 0.6) is 11.5 Å². The van der Waals surface area contributed by atoms with Gasteiger partial charge in [-0.3, -0.25) is 4.79 Å². The predicted octanol–water partition coefficient (Wildman–Crippen LogP) is 3.01. The van der Waals surface area contributed by atoms with E-state index in [0.29, 0.717) is 22.6 Å². The summed E-state index contributed by atoms with van der Waals surface area (Å²) < 4.78 is 24.1. The van der Waals surface area contributed by atoms with Gasteiger partial charge in [-0.05, 0) is 56.3 Å². The van der Waals surface area contributed by atoms with Crippen molar-refractivity contribution in [3.05, 3.63) is 59.4 Å². The van der Waals surface area contributed by atoms with Crippen LogP contribution in [0.3, 0.4) is 0 Å². The molecule has 0 heterocycles. The van der Waals surface area contributed by atoms with Crippen molar-refractivity contribution in [2.75, 3.05) is 7.11 Å². The number of ether oxygens (including phenoxy) is 2. The molecule has 0 aliphatic heterocycles. The summed E-state index contributed by atoms with van der Waals surface area (Å²) in [5.41, 5.74) is 3.84. The fraction of sp³-hybridized carbons (Fsp3) is 0.211. The molecule has 0 aromatic heterocycles. The standard InChI is InChI=1S/C19H18FN3O3/c1-12(15-6-9-18(25-3)17(20)10-15)22-23-19(24)13(2)26-16-7-4-14(11-21)5-8-16/h4-10,13H,1-3H3,(H,23,24)/b22-12-/t13-/m0/s1. The maximum Gasteiger partial charge on any atom is 0.280 e. The van der Waals surface area contributed by atoms with Crippen LogP contribution in [0, 0.1) is 17.1 Å². The maximum absolute atomic E-state index is 13.7. The van der Waals surface area contributed by atoms with Gasteiger partial charge >= 0.3 is 0 Å². The van der Waals surface area contributed by atoms with Gasteiger partial charge in [0.2, 0.25) is 0 Å². The summed E-state index contributed by atoms with van der Waals surface area (Å²) in [4.78, 5) is 12.1. The minimum atomic E-state index is -0.799. The summed E-state index contributed by atoms with van der Waals surface area (Å²) >= 11 is 0. The van der Waals surface area contributed by atoms with Gasteiger partial charge in [0.05, 0.1) is 24.5 Å². The molecule has 2 aromatic carbocycles. The number of hydrogen-bond donors (Lipinski definition) is 1. The third-order valence-electron chi connectivity index (χ3n) is 3.57. The molecule has 7 heteroatoms. The number of carbonyl (C=O) groups excluding carboxylic acids is 1. The molecule has 0 fully saturated rings. The molecule has 0 spiro atoms. The molecule has 0 radical (unpaired) electrons. The van der Waals surface area contributed by atoms with E-state index in [-0.39, 0.29) is 5.75 Å². The number of hydrogen-bond acceptors (Lipinski definition) is 5. The van der Waals surface area contributed by atoms with Crippen molar-refractivity contribution in [2.24, 2.45) is 5.10 Å². The van der Waals surface area contributed by atoms with Crippen molar-refractivity contribution in [3.63, 3.8) is 0 Å². The van der Waals surface area contributed by atoms with E-state index in [1.165, 1.54) is 19.2 Å². The highest BCUT2D eigenvalue weighted by atomic mass is 19.1. The molecule has 0 aliphatic carbocycles. The quantitative estimate of drug-likeness (QED) is 0.638. The van der Waals surface area contributed by atoms with Gasteiger partial charge in [-0.15, -0.1) is 0 Å². The van der Waals surface area contributed by atoms with Crippen molar-refractivity contribution >= 4 is 11.6 Å². The molecular weight excluding hydrogens is 337 g/mol. The highest BCUT2D eigenvalue weighted by molar-refractivity contribution is 5.99. The lowest BCUT2D eigenvalue weighted by Gasteiger charge is -2.13. The molecular formula is C19H18FN3O3. The first kappa shape index (κ1) is 18.9. The Bertz CT molecular complexity index is 857. The van der Waals surface area contributed by atoms with Crippen LogP contribution in [0.25, 0.3) is 0 Å². The summed E-state index contributed by atoms with van der Waals surface area (Å²) in [5, 5.41) is 12.7. The van der Waals surface area contributed by atoms with E-state index >= 15 is 0 Å². The first-order valence-corrected chi connectivity index (χ1v) is 7.79. The predicted molar refractivity (Wildman–Crippen MR) is 94.6 cm³/mol. The Morgan fingerprint density at radius 3 is 2.54 bits per heavy atom. The van der Waals surface area contributed by atoms with Crippen LogP contribution in [0.15, 0.2) is 47.6 Å². The summed E-state index contributed by atoms with van der Waals surface area (Å²) in [5.74, 6) is -0.370. The van der Waals surface area contributed by atoms with Crippen molar-refractivity contribution in [1.82, 2.24) is 5.43 Å². The van der Waals surface area contributed by atoms with Gasteiger partial charge in [0.1, 0.15) is 5.75 Å². The zero-order chi connectivity index (χ0) is 19.1. The van der Waals surface area contributed by atoms with Crippen molar-refractivity contribution < 1.29 is 18.7 Å². The lowest BCUT2D eigenvalue weighted by Crippen LogP contribution is -2.33. The number of rotatable bonds is 6. The Labute approximate surface area is 150 Å². The van der Waals surface area contributed by atoms with Crippen LogP contribution in [-0.2, 0) is 4.79 Å². The number of nitrogens with zero attached hydrogens (tertiary/aromatic N) is 2. The SMILES string of the molecule is COc1ccc(/C(C)=N\NC(=O)[C@H](C)Oc2ccc(C#N)cc2)cc1F. The second kappa shape index (κ2) is 8.62. The molecule has 6 nitrogen and oxygen atoms in total. The number of hydrazone groups is 1. The first-order chi connectivity index (χ1) is 12.4. The molecule has 1 amide bonds. The molecule has 1 N–H and O–H groups in total. The molecule has 2 rings (SSSR count). The molecule has 0 saturated heterocycles. The highest BCUT2D eigenvalue weighted by Crippen LogP contribution is 2.18. The van der Waals surface area contributed by atoms with Crippen LogP contribution in [0.4, 0.5) is 4.39 Å². The third kappa shape index (κ3) is 4.80. The molecule has 0 unspecified atom stereocenters. The van der Waals surface area contributed by atoms with E-state index in [1.807, 2.05) is 6.07 Å². The van der Waals surface area contributed by atoms with Gasteiger partial charge in [0.15, 0.2) is 17.7 Å². The minimum Gasteiger partial charge on any atom is -0.494 e. The fourth-order valence-electron chi connectivity index (χ4n) is 2.05. The van der Waals surface area contributed by atoms with Gasteiger partial charge in [-0.1, -0.05) is 0 Å². The van der Waals surface area contributed by atoms with Crippen LogP contribution in [0.1, 0.15) is 25.0 Å². The number of amides is 1. The van der Waals surface area contributed by atoms with Crippen LogP contribution in [-0.4, -0.2) is 24.8 Å². The summed E-state index contributed by atoms with van der Waals surface area (Å²) in [6, 6.07) is 12.8. The third-order valence-corrected chi connectivity index (χ3v) is 3.57. The van der Waals surface area contributed by atoms with Crippen LogP contribution in [0.2, 0.25) is 0 Å². The lowest BCUT2D eigenvalue weighted by molar-refractivity contribution is -0.127. The van der Waals surface area contributed by atoms with Crippen LogP contribution >= 0.6 is 0 Å². The lowest BCUT2D eigenvalue weighted by atomic mass is 10.1. The number of carbonyl (C=O) groups is 1. The topological polar surface area (TPSA) is 83.7 Å². The first-order valence-electron chi connectivity index (χ1n) is 7.79. The van der Waals surface area contributed by atoms with Crippen molar-refractivity contribution in [1.29, 1.82) is 5.26 Å². The van der Waals surface area contributed by atoms with E-state index in [0.717, 1.165) is 0 Å². The Hall–Kier alpha value is -3.40. The Kier molecular flexibility index (Phi) is 6.28. The Balaban J connectivity index is 1.98. The van der Waals surface area contributed by atoms with E-state index in [1.54, 1.807) is 44.2 Å². The Morgan fingerprint density at radius 2 is 1.96 bits per heavy atom. The highest BCUT2D eigenvalue weighted by Gasteiger charge is 2.14. The number of benzene rings is 2. The fourth-order valence-corrected chi connectivity index (χ4v) is 2.05. The molecule has 0 saturated carbocycles. The van der Waals surface area contributed by atoms with Gasteiger partial charge < -0.3 is 9.47 Å². The number of nitrogens with one attached hydrogen (secondary N) is 1.